The molecule has 0 bridgehead atoms. The van der Waals surface area contributed by atoms with Crippen molar-refractivity contribution in [1.82, 2.24) is 10.1 Å². The molecule has 2 rings (SSSR count). The first-order valence-electron chi connectivity index (χ1n) is 5.96. The molecule has 2 aromatic rings. The highest BCUT2D eigenvalue weighted by Crippen LogP contribution is 2.09. The van der Waals surface area contributed by atoms with Crippen LogP contribution in [0.3, 0.4) is 0 Å². The maximum absolute atomic E-state index is 11.9. The van der Waals surface area contributed by atoms with Crippen LogP contribution in [0.15, 0.2) is 33.2 Å². The summed E-state index contributed by atoms with van der Waals surface area (Å²) in [6.07, 6.45) is 3.13. The van der Waals surface area contributed by atoms with Crippen molar-refractivity contribution < 1.29 is 13.7 Å². The number of furan rings is 1. The fourth-order valence-corrected chi connectivity index (χ4v) is 1.64. The van der Waals surface area contributed by atoms with E-state index in [9.17, 15) is 4.79 Å². The zero-order valence-corrected chi connectivity index (χ0v) is 11.2. The number of likely N-dealkylation sites (N-methyl/N-ethyl adjacent to an activating group) is 1. The third kappa shape index (κ3) is 3.58. The molecule has 2 aromatic heterocycles. The normalized spacial score (nSPS) is 11.1. The molecule has 100 valence electrons. The van der Waals surface area contributed by atoms with E-state index in [-0.39, 0.29) is 5.91 Å². The first-order chi connectivity index (χ1) is 9.04. The summed E-state index contributed by atoms with van der Waals surface area (Å²) < 4.78 is 10.3. The van der Waals surface area contributed by atoms with Gasteiger partial charge < -0.3 is 13.8 Å². The summed E-state index contributed by atoms with van der Waals surface area (Å²) in [5, 5.41) is 3.85. The third-order valence-electron chi connectivity index (χ3n) is 2.60. The molecule has 0 aliphatic heterocycles. The number of hydrogen-bond donors (Lipinski definition) is 0. The standard InChI is InChI=1S/C14H16N2O3/c1-10-4-5-13(18-10)6-7-14(17)16(3)9-12-8-11(2)19-15-12/h4-8H,9H2,1-3H3/b7-6+. The average Bonchev–Trinajstić information content (AvgIpc) is 2.95. The second-order valence-electron chi connectivity index (χ2n) is 4.40. The Kier molecular flexibility index (Phi) is 3.85. The van der Waals surface area contributed by atoms with Crippen LogP contribution < -0.4 is 0 Å². The van der Waals surface area contributed by atoms with Crippen molar-refractivity contribution in [2.24, 2.45) is 0 Å². The topological polar surface area (TPSA) is 59.5 Å². The van der Waals surface area contributed by atoms with Crippen LogP contribution in [0.5, 0.6) is 0 Å². The zero-order valence-electron chi connectivity index (χ0n) is 11.2. The van der Waals surface area contributed by atoms with Gasteiger partial charge in [0, 0.05) is 19.2 Å². The van der Waals surface area contributed by atoms with Crippen LogP contribution in [0, 0.1) is 13.8 Å². The smallest absolute Gasteiger partial charge is 0.246 e. The van der Waals surface area contributed by atoms with Gasteiger partial charge in [-0.15, -0.1) is 0 Å². The van der Waals surface area contributed by atoms with Crippen molar-refractivity contribution >= 4 is 12.0 Å². The van der Waals surface area contributed by atoms with Gasteiger partial charge in [-0.1, -0.05) is 5.16 Å². The van der Waals surface area contributed by atoms with Crippen molar-refractivity contribution in [2.75, 3.05) is 7.05 Å². The van der Waals surface area contributed by atoms with Crippen LogP contribution in [-0.2, 0) is 11.3 Å². The van der Waals surface area contributed by atoms with E-state index in [1.54, 1.807) is 18.0 Å². The van der Waals surface area contributed by atoms with Gasteiger partial charge in [0.05, 0.1) is 6.54 Å². The number of carbonyl (C=O) groups is 1. The van der Waals surface area contributed by atoms with Crippen molar-refractivity contribution in [3.05, 3.63) is 47.2 Å². The minimum absolute atomic E-state index is 0.116. The molecule has 0 unspecified atom stereocenters. The number of aryl methyl sites for hydroxylation is 2. The Morgan fingerprint density at radius 1 is 1.37 bits per heavy atom. The quantitative estimate of drug-likeness (QED) is 0.793. The van der Waals surface area contributed by atoms with Gasteiger partial charge in [-0.05, 0) is 32.1 Å². The van der Waals surface area contributed by atoms with Gasteiger partial charge in [0.25, 0.3) is 0 Å². The third-order valence-corrected chi connectivity index (χ3v) is 2.60. The van der Waals surface area contributed by atoms with Crippen molar-refractivity contribution in [3.63, 3.8) is 0 Å². The first kappa shape index (κ1) is 13.1. The van der Waals surface area contributed by atoms with Gasteiger partial charge in [0.15, 0.2) is 0 Å². The van der Waals surface area contributed by atoms with Crippen LogP contribution in [0.4, 0.5) is 0 Å². The summed E-state index contributed by atoms with van der Waals surface area (Å²) in [6.45, 7) is 4.09. The van der Waals surface area contributed by atoms with Crippen LogP contribution in [0.2, 0.25) is 0 Å². The lowest BCUT2D eigenvalue weighted by Gasteiger charge is -2.12. The lowest BCUT2D eigenvalue weighted by Crippen LogP contribution is -2.24. The molecule has 0 atom stereocenters. The molecule has 1 amide bonds. The number of amides is 1. The van der Waals surface area contributed by atoms with E-state index >= 15 is 0 Å². The van der Waals surface area contributed by atoms with Gasteiger partial charge in [-0.3, -0.25) is 4.79 Å². The van der Waals surface area contributed by atoms with Gasteiger partial charge in [0.2, 0.25) is 5.91 Å². The molecular weight excluding hydrogens is 244 g/mol. The number of carbonyl (C=O) groups excluding carboxylic acids is 1. The van der Waals surface area contributed by atoms with Crippen molar-refractivity contribution in [2.45, 2.75) is 20.4 Å². The highest BCUT2D eigenvalue weighted by atomic mass is 16.5. The van der Waals surface area contributed by atoms with Crippen LogP contribution in [-0.4, -0.2) is 23.0 Å². The number of aromatic nitrogens is 1. The fourth-order valence-electron chi connectivity index (χ4n) is 1.64. The molecule has 0 saturated heterocycles. The predicted octanol–water partition coefficient (Wildman–Crippen LogP) is 2.56. The van der Waals surface area contributed by atoms with E-state index in [4.69, 9.17) is 8.94 Å². The summed E-state index contributed by atoms with van der Waals surface area (Å²) in [4.78, 5) is 13.4. The lowest BCUT2D eigenvalue weighted by atomic mass is 10.3. The molecule has 0 spiro atoms. The molecule has 0 fully saturated rings. The highest BCUT2D eigenvalue weighted by molar-refractivity contribution is 5.91. The van der Waals surface area contributed by atoms with Crippen molar-refractivity contribution in [3.8, 4) is 0 Å². The molecule has 2 heterocycles. The van der Waals surface area contributed by atoms with Crippen LogP contribution in [0.1, 0.15) is 23.0 Å². The van der Waals surface area contributed by atoms with E-state index < -0.39 is 0 Å². The Hall–Kier alpha value is -2.30. The largest absolute Gasteiger partial charge is 0.462 e. The summed E-state index contributed by atoms with van der Waals surface area (Å²) in [5.74, 6) is 2.10. The summed E-state index contributed by atoms with van der Waals surface area (Å²) in [6, 6.07) is 5.48. The molecule has 5 nitrogen and oxygen atoms in total. The van der Waals surface area contributed by atoms with Gasteiger partial charge >= 0.3 is 0 Å². The summed E-state index contributed by atoms with van der Waals surface area (Å²) >= 11 is 0. The molecule has 0 aliphatic carbocycles. The van der Waals surface area contributed by atoms with Crippen LogP contribution >= 0.6 is 0 Å². The Morgan fingerprint density at radius 2 is 2.16 bits per heavy atom. The van der Waals surface area contributed by atoms with E-state index in [1.165, 1.54) is 6.08 Å². The Morgan fingerprint density at radius 3 is 2.74 bits per heavy atom. The van der Waals surface area contributed by atoms with Crippen molar-refractivity contribution in [1.29, 1.82) is 0 Å². The molecular formula is C14H16N2O3. The molecule has 0 saturated carbocycles. The summed E-state index contributed by atoms with van der Waals surface area (Å²) in [5.41, 5.74) is 0.732. The highest BCUT2D eigenvalue weighted by Gasteiger charge is 2.09. The number of nitrogens with zero attached hydrogens (tertiary/aromatic N) is 2. The van der Waals surface area contributed by atoms with Crippen LogP contribution in [0.25, 0.3) is 6.08 Å². The minimum Gasteiger partial charge on any atom is -0.462 e. The van der Waals surface area contributed by atoms with E-state index in [2.05, 4.69) is 5.16 Å². The number of rotatable bonds is 4. The molecule has 0 aromatic carbocycles. The first-order valence-corrected chi connectivity index (χ1v) is 5.96. The zero-order chi connectivity index (χ0) is 13.8. The molecule has 5 heteroatoms. The Bertz CT molecular complexity index is 595. The lowest BCUT2D eigenvalue weighted by molar-refractivity contribution is -0.125. The molecule has 0 aliphatic rings. The average molecular weight is 260 g/mol. The molecule has 19 heavy (non-hydrogen) atoms. The SMILES string of the molecule is Cc1cc(CN(C)C(=O)/C=C/c2ccc(C)o2)no1. The van der Waals surface area contributed by atoms with Gasteiger partial charge in [0.1, 0.15) is 23.0 Å². The maximum atomic E-state index is 11.9. The Balaban J connectivity index is 1.94. The number of hydrogen-bond acceptors (Lipinski definition) is 4. The maximum Gasteiger partial charge on any atom is 0.246 e. The summed E-state index contributed by atoms with van der Waals surface area (Å²) in [7, 11) is 1.71. The fraction of sp³-hybridized carbons (Fsp3) is 0.286. The minimum atomic E-state index is -0.116. The second-order valence-corrected chi connectivity index (χ2v) is 4.40. The van der Waals surface area contributed by atoms with E-state index in [0.29, 0.717) is 12.3 Å². The monoisotopic (exact) mass is 260 g/mol. The van der Waals surface area contributed by atoms with Gasteiger partial charge in [-0.2, -0.15) is 0 Å². The molecule has 0 radical (unpaired) electrons. The Labute approximate surface area is 111 Å². The predicted molar refractivity (Wildman–Crippen MR) is 70.2 cm³/mol. The second kappa shape index (κ2) is 5.56. The molecule has 0 N–H and O–H groups in total. The van der Waals surface area contributed by atoms with E-state index in [1.807, 2.05) is 32.0 Å². The van der Waals surface area contributed by atoms with E-state index in [0.717, 1.165) is 17.2 Å². The van der Waals surface area contributed by atoms with Gasteiger partial charge in [-0.25, -0.2) is 0 Å².